The third kappa shape index (κ3) is 1.29. The molecule has 1 N–H and O–H groups in total. The molecule has 2 saturated heterocycles. The Morgan fingerprint density at radius 1 is 1.36 bits per heavy atom. The molecule has 2 bridgehead atoms. The van der Waals surface area contributed by atoms with Crippen molar-refractivity contribution < 1.29 is 0 Å². The van der Waals surface area contributed by atoms with Gasteiger partial charge in [0.1, 0.15) is 4.60 Å². The smallest absolute Gasteiger partial charge is 0.142 e. The second-order valence-electron chi connectivity index (χ2n) is 4.16. The number of nitrogens with one attached hydrogen (secondary N) is 1. The molecule has 14 heavy (non-hydrogen) atoms. The Bertz CT molecular complexity index is 363. The number of hydrogen-bond donors (Lipinski definition) is 1. The van der Waals surface area contributed by atoms with Gasteiger partial charge in [-0.2, -0.15) is 5.10 Å². The van der Waals surface area contributed by atoms with E-state index in [-0.39, 0.29) is 0 Å². The second kappa shape index (κ2) is 3.32. The normalized spacial score (nSPS) is 35.4. The van der Waals surface area contributed by atoms with Gasteiger partial charge in [0.2, 0.25) is 0 Å². The van der Waals surface area contributed by atoms with Gasteiger partial charge in [-0.1, -0.05) is 0 Å². The zero-order chi connectivity index (χ0) is 9.71. The number of nitrogens with zero attached hydrogens (tertiary/aromatic N) is 2. The van der Waals surface area contributed by atoms with Gasteiger partial charge in [0.15, 0.2) is 0 Å². The maximum Gasteiger partial charge on any atom is 0.142 e. The Morgan fingerprint density at radius 3 is 2.71 bits per heavy atom. The molecule has 3 rings (SSSR count). The van der Waals surface area contributed by atoms with Crippen LogP contribution in [-0.2, 0) is 0 Å². The molecule has 2 aliphatic heterocycles. The monoisotopic (exact) mass is 319 g/mol. The predicted octanol–water partition coefficient (Wildman–Crippen LogP) is 2.35. The first-order valence-electron chi connectivity index (χ1n) is 4.87. The van der Waals surface area contributed by atoms with E-state index in [1.54, 1.807) is 0 Å². The highest BCUT2D eigenvalue weighted by atomic mass is 79.9. The van der Waals surface area contributed by atoms with Crippen molar-refractivity contribution in [3.8, 4) is 0 Å². The molecule has 5 heteroatoms. The maximum absolute atomic E-state index is 4.17. The lowest BCUT2D eigenvalue weighted by atomic mass is 9.90. The Kier molecular flexibility index (Phi) is 2.22. The Morgan fingerprint density at radius 2 is 2.21 bits per heavy atom. The van der Waals surface area contributed by atoms with Crippen molar-refractivity contribution in [2.75, 3.05) is 19.6 Å². The fraction of sp³-hybridized carbons (Fsp3) is 0.667. The van der Waals surface area contributed by atoms with Crippen LogP contribution in [0.15, 0.2) is 9.08 Å². The molecular formula is C9H11Br2N3. The lowest BCUT2D eigenvalue weighted by molar-refractivity contribution is 0.343. The molecule has 3 unspecified atom stereocenters. The summed E-state index contributed by atoms with van der Waals surface area (Å²) in [6.07, 6.45) is 1.34. The van der Waals surface area contributed by atoms with Gasteiger partial charge >= 0.3 is 0 Å². The molecule has 0 aliphatic carbocycles. The van der Waals surface area contributed by atoms with Crippen LogP contribution >= 0.6 is 31.9 Å². The van der Waals surface area contributed by atoms with E-state index in [2.05, 4.69) is 47.0 Å². The Balaban J connectivity index is 1.93. The highest BCUT2D eigenvalue weighted by molar-refractivity contribution is 9.13. The third-order valence-corrected chi connectivity index (χ3v) is 5.30. The standard InChI is InChI=1S/C9H11Br2N3/c10-7-8(12-13-9(7)11)6-4-14-2-1-5(6)3-14/h5-6H,1-4H2,(H,12,13). The summed E-state index contributed by atoms with van der Waals surface area (Å²) >= 11 is 6.99. The molecular weight excluding hydrogens is 310 g/mol. The molecule has 0 saturated carbocycles. The summed E-state index contributed by atoms with van der Waals surface area (Å²) in [4.78, 5) is 2.54. The summed E-state index contributed by atoms with van der Waals surface area (Å²) in [5, 5.41) is 7.30. The average Bonchev–Trinajstić information content (AvgIpc) is 2.84. The molecule has 0 spiro atoms. The highest BCUT2D eigenvalue weighted by Crippen LogP contribution is 2.42. The number of halogens is 2. The van der Waals surface area contributed by atoms with E-state index < -0.39 is 0 Å². The molecule has 3 heterocycles. The SMILES string of the molecule is Brc1n[nH]c(C2CN3CCC2C3)c1Br. The fourth-order valence-corrected chi connectivity index (χ4v) is 3.45. The zero-order valence-corrected chi connectivity index (χ0v) is 10.8. The van der Waals surface area contributed by atoms with Crippen LogP contribution < -0.4 is 0 Å². The van der Waals surface area contributed by atoms with Crippen LogP contribution in [0.3, 0.4) is 0 Å². The fourth-order valence-electron chi connectivity index (χ4n) is 2.68. The molecule has 0 radical (unpaired) electrons. The molecule has 1 aromatic rings. The second-order valence-corrected chi connectivity index (χ2v) is 5.70. The van der Waals surface area contributed by atoms with Gasteiger partial charge in [0.25, 0.3) is 0 Å². The first-order chi connectivity index (χ1) is 6.75. The van der Waals surface area contributed by atoms with E-state index in [1.165, 1.54) is 31.7 Å². The topological polar surface area (TPSA) is 31.9 Å². The van der Waals surface area contributed by atoms with Crippen molar-refractivity contribution in [3.05, 3.63) is 14.8 Å². The number of piperidine rings is 1. The minimum absolute atomic E-state index is 0.650. The summed E-state index contributed by atoms with van der Waals surface area (Å²) in [6.45, 7) is 3.75. The van der Waals surface area contributed by atoms with E-state index in [0.29, 0.717) is 5.92 Å². The van der Waals surface area contributed by atoms with Crippen LogP contribution in [0.2, 0.25) is 0 Å². The minimum atomic E-state index is 0.650. The van der Waals surface area contributed by atoms with Gasteiger partial charge in [0, 0.05) is 19.0 Å². The molecule has 2 aliphatic rings. The summed E-state index contributed by atoms with van der Waals surface area (Å²) in [5.41, 5.74) is 1.27. The first kappa shape index (κ1) is 9.36. The van der Waals surface area contributed by atoms with Gasteiger partial charge in [-0.05, 0) is 50.7 Å². The van der Waals surface area contributed by atoms with Crippen LogP contribution in [0.5, 0.6) is 0 Å². The van der Waals surface area contributed by atoms with Crippen molar-refractivity contribution in [3.63, 3.8) is 0 Å². The number of H-pyrrole nitrogens is 1. The quantitative estimate of drug-likeness (QED) is 0.861. The van der Waals surface area contributed by atoms with Gasteiger partial charge in [-0.25, -0.2) is 0 Å². The van der Waals surface area contributed by atoms with Gasteiger partial charge in [-0.3, -0.25) is 5.10 Å². The average molecular weight is 321 g/mol. The van der Waals surface area contributed by atoms with Crippen LogP contribution in [0, 0.1) is 5.92 Å². The molecule has 0 aromatic carbocycles. The maximum atomic E-state index is 4.17. The van der Waals surface area contributed by atoms with E-state index in [4.69, 9.17) is 0 Å². The summed E-state index contributed by atoms with van der Waals surface area (Å²) in [5.74, 6) is 1.48. The number of rotatable bonds is 1. The number of fused-ring (bicyclic) bond motifs is 2. The Hall–Kier alpha value is 0.130. The van der Waals surface area contributed by atoms with Crippen LogP contribution in [0.1, 0.15) is 18.0 Å². The van der Waals surface area contributed by atoms with Crippen molar-refractivity contribution in [2.24, 2.45) is 5.92 Å². The van der Waals surface area contributed by atoms with E-state index in [0.717, 1.165) is 15.0 Å². The molecule has 3 atom stereocenters. The van der Waals surface area contributed by atoms with Crippen LogP contribution in [0.25, 0.3) is 0 Å². The summed E-state index contributed by atoms with van der Waals surface area (Å²) in [7, 11) is 0. The summed E-state index contributed by atoms with van der Waals surface area (Å²) < 4.78 is 2.00. The van der Waals surface area contributed by atoms with E-state index in [9.17, 15) is 0 Å². The predicted molar refractivity (Wildman–Crippen MR) is 61.3 cm³/mol. The van der Waals surface area contributed by atoms with Crippen LogP contribution in [0.4, 0.5) is 0 Å². The van der Waals surface area contributed by atoms with Gasteiger partial charge in [-0.15, -0.1) is 0 Å². The summed E-state index contributed by atoms with van der Waals surface area (Å²) in [6, 6.07) is 0. The van der Waals surface area contributed by atoms with Crippen molar-refractivity contribution in [1.82, 2.24) is 15.1 Å². The van der Waals surface area contributed by atoms with E-state index >= 15 is 0 Å². The first-order valence-corrected chi connectivity index (χ1v) is 6.46. The van der Waals surface area contributed by atoms with Gasteiger partial charge in [0.05, 0.1) is 10.2 Å². The lowest BCUT2D eigenvalue weighted by Gasteiger charge is -2.20. The van der Waals surface area contributed by atoms with E-state index in [1.807, 2.05) is 0 Å². The molecule has 1 aromatic heterocycles. The number of hydrogen-bond acceptors (Lipinski definition) is 2. The minimum Gasteiger partial charge on any atom is -0.302 e. The largest absolute Gasteiger partial charge is 0.302 e. The molecule has 3 nitrogen and oxygen atoms in total. The Labute approximate surface area is 99.5 Å². The lowest BCUT2D eigenvalue weighted by Crippen LogP contribution is -2.22. The molecule has 0 amide bonds. The number of aromatic amines is 1. The van der Waals surface area contributed by atoms with Crippen molar-refractivity contribution in [2.45, 2.75) is 12.3 Å². The highest BCUT2D eigenvalue weighted by Gasteiger charge is 2.40. The zero-order valence-electron chi connectivity index (χ0n) is 7.63. The third-order valence-electron chi connectivity index (χ3n) is 3.40. The molecule has 2 fully saturated rings. The van der Waals surface area contributed by atoms with Crippen molar-refractivity contribution >= 4 is 31.9 Å². The number of aromatic nitrogens is 2. The van der Waals surface area contributed by atoms with Crippen LogP contribution in [-0.4, -0.2) is 34.7 Å². The van der Waals surface area contributed by atoms with Gasteiger partial charge < -0.3 is 4.90 Å². The molecule has 76 valence electrons. The van der Waals surface area contributed by atoms with Crippen molar-refractivity contribution in [1.29, 1.82) is 0 Å².